The molecule has 0 aliphatic heterocycles. The van der Waals surface area contributed by atoms with Crippen LogP contribution in [-0.4, -0.2) is 29.3 Å². The quantitative estimate of drug-likeness (QED) is 0.270. The molecule has 3 aromatic carbocycles. The first-order chi connectivity index (χ1) is 15.3. The zero-order valence-electron chi connectivity index (χ0n) is 17.2. The third-order valence-electron chi connectivity index (χ3n) is 4.46. The number of carbonyl (C=O) groups excluding carboxylic acids is 4. The lowest BCUT2D eigenvalue weighted by molar-refractivity contribution is -0.136. The van der Waals surface area contributed by atoms with E-state index < -0.39 is 17.7 Å². The van der Waals surface area contributed by atoms with Crippen LogP contribution in [0.2, 0.25) is 0 Å². The normalized spacial score (nSPS) is 11.0. The first kappa shape index (κ1) is 22.2. The number of rotatable bonds is 6. The minimum absolute atomic E-state index is 0.108. The molecule has 0 unspecified atom stereocenters. The summed E-state index contributed by atoms with van der Waals surface area (Å²) in [5.41, 5.74) is 8.92. The number of fused-ring (bicyclic) bond motifs is 1. The van der Waals surface area contributed by atoms with Crippen molar-refractivity contribution in [3.8, 4) is 0 Å². The van der Waals surface area contributed by atoms with Crippen LogP contribution in [0.15, 0.2) is 71.8 Å². The van der Waals surface area contributed by atoms with Gasteiger partial charge in [-0.2, -0.15) is 5.10 Å². The Morgan fingerprint density at radius 3 is 2.25 bits per heavy atom. The SMILES string of the molecule is C/C(CC(=O)Nc1ccc(C(N)=O)cc1)=N\NC(=O)C(=O)Nc1cccc2ccccc12. The molecule has 0 atom stereocenters. The van der Waals surface area contributed by atoms with E-state index in [-0.39, 0.29) is 12.3 Å². The van der Waals surface area contributed by atoms with E-state index in [1.165, 1.54) is 12.1 Å². The minimum Gasteiger partial charge on any atom is -0.366 e. The molecule has 0 aliphatic carbocycles. The lowest BCUT2D eigenvalue weighted by atomic mass is 10.1. The fourth-order valence-corrected chi connectivity index (χ4v) is 2.91. The predicted octanol–water partition coefficient (Wildman–Crippen LogP) is 2.40. The molecule has 0 radical (unpaired) electrons. The van der Waals surface area contributed by atoms with Crippen molar-refractivity contribution in [1.82, 2.24) is 5.43 Å². The number of nitrogens with zero attached hydrogens (tertiary/aromatic N) is 1. The van der Waals surface area contributed by atoms with Crippen LogP contribution in [0.25, 0.3) is 10.8 Å². The molecule has 3 rings (SSSR count). The fourth-order valence-electron chi connectivity index (χ4n) is 2.91. The van der Waals surface area contributed by atoms with Crippen molar-refractivity contribution in [2.45, 2.75) is 13.3 Å². The van der Waals surface area contributed by atoms with Crippen LogP contribution >= 0.6 is 0 Å². The summed E-state index contributed by atoms with van der Waals surface area (Å²) >= 11 is 0. The second-order valence-corrected chi connectivity index (χ2v) is 6.94. The van der Waals surface area contributed by atoms with Crippen molar-refractivity contribution >= 4 is 51.5 Å². The largest absolute Gasteiger partial charge is 0.366 e. The van der Waals surface area contributed by atoms with Crippen molar-refractivity contribution in [3.63, 3.8) is 0 Å². The number of hydrazone groups is 1. The number of carbonyl (C=O) groups is 4. The van der Waals surface area contributed by atoms with Crippen LogP contribution < -0.4 is 21.8 Å². The average molecular weight is 431 g/mol. The van der Waals surface area contributed by atoms with Gasteiger partial charge in [-0.05, 0) is 42.6 Å². The molecule has 4 amide bonds. The van der Waals surface area contributed by atoms with E-state index >= 15 is 0 Å². The molecule has 0 bridgehead atoms. The molecular formula is C23H21N5O4. The lowest BCUT2D eigenvalue weighted by Crippen LogP contribution is -2.33. The molecule has 0 spiro atoms. The Bertz CT molecular complexity index is 1210. The molecular weight excluding hydrogens is 410 g/mol. The number of benzene rings is 3. The molecule has 0 aliphatic rings. The second kappa shape index (κ2) is 9.98. The van der Waals surface area contributed by atoms with Gasteiger partial charge in [0.1, 0.15) is 0 Å². The Morgan fingerprint density at radius 2 is 1.53 bits per heavy atom. The van der Waals surface area contributed by atoms with E-state index in [1.807, 2.05) is 30.3 Å². The van der Waals surface area contributed by atoms with Gasteiger partial charge in [-0.3, -0.25) is 19.2 Å². The monoisotopic (exact) mass is 431 g/mol. The molecule has 0 aromatic heterocycles. The highest BCUT2D eigenvalue weighted by atomic mass is 16.2. The molecule has 0 saturated heterocycles. The predicted molar refractivity (Wildman–Crippen MR) is 122 cm³/mol. The van der Waals surface area contributed by atoms with Crippen LogP contribution in [0.4, 0.5) is 11.4 Å². The molecule has 9 heteroatoms. The van der Waals surface area contributed by atoms with Crippen LogP contribution in [0.3, 0.4) is 0 Å². The number of primary amides is 1. The summed E-state index contributed by atoms with van der Waals surface area (Å²) in [5, 5.41) is 10.7. The number of hydrogen-bond donors (Lipinski definition) is 4. The maximum Gasteiger partial charge on any atom is 0.329 e. The highest BCUT2D eigenvalue weighted by Gasteiger charge is 2.15. The third-order valence-corrected chi connectivity index (χ3v) is 4.46. The van der Waals surface area contributed by atoms with Gasteiger partial charge in [0.15, 0.2) is 0 Å². The Labute approximate surface area is 183 Å². The average Bonchev–Trinajstić information content (AvgIpc) is 2.78. The van der Waals surface area contributed by atoms with Gasteiger partial charge in [-0.1, -0.05) is 36.4 Å². The maximum atomic E-state index is 12.2. The van der Waals surface area contributed by atoms with Crippen LogP contribution in [0, 0.1) is 0 Å². The fraction of sp³-hybridized carbons (Fsp3) is 0.0870. The first-order valence-corrected chi connectivity index (χ1v) is 9.65. The molecule has 162 valence electrons. The molecule has 9 nitrogen and oxygen atoms in total. The summed E-state index contributed by atoms with van der Waals surface area (Å²) in [6.45, 7) is 1.54. The number of amides is 4. The minimum atomic E-state index is -0.959. The van der Waals surface area contributed by atoms with Gasteiger partial charge in [-0.25, -0.2) is 5.43 Å². The van der Waals surface area contributed by atoms with Crippen LogP contribution in [0.1, 0.15) is 23.7 Å². The van der Waals surface area contributed by atoms with E-state index in [1.54, 1.807) is 31.2 Å². The number of nitrogens with one attached hydrogen (secondary N) is 3. The van der Waals surface area contributed by atoms with E-state index in [4.69, 9.17) is 5.73 Å². The molecule has 5 N–H and O–H groups in total. The summed E-state index contributed by atoms with van der Waals surface area (Å²) in [6.07, 6.45) is -0.108. The molecule has 0 saturated carbocycles. The van der Waals surface area contributed by atoms with E-state index in [9.17, 15) is 19.2 Å². The van der Waals surface area contributed by atoms with Crippen LogP contribution in [0.5, 0.6) is 0 Å². The second-order valence-electron chi connectivity index (χ2n) is 6.94. The van der Waals surface area contributed by atoms with E-state index in [2.05, 4.69) is 21.2 Å². The molecule has 0 heterocycles. The lowest BCUT2D eigenvalue weighted by Gasteiger charge is -2.08. The topological polar surface area (TPSA) is 143 Å². The summed E-state index contributed by atoms with van der Waals surface area (Å²) in [7, 11) is 0. The van der Waals surface area contributed by atoms with Gasteiger partial charge in [-0.15, -0.1) is 0 Å². The van der Waals surface area contributed by atoms with E-state index in [0.717, 1.165) is 10.8 Å². The van der Waals surface area contributed by atoms with Gasteiger partial charge < -0.3 is 16.4 Å². The summed E-state index contributed by atoms with van der Waals surface area (Å²) in [5.74, 6) is -2.78. The van der Waals surface area contributed by atoms with Crippen molar-refractivity contribution < 1.29 is 19.2 Å². The summed E-state index contributed by atoms with van der Waals surface area (Å²) in [6, 6.07) is 18.9. The molecule has 3 aromatic rings. The van der Waals surface area contributed by atoms with Gasteiger partial charge >= 0.3 is 11.8 Å². The van der Waals surface area contributed by atoms with Gasteiger partial charge in [0.05, 0.1) is 6.42 Å². The van der Waals surface area contributed by atoms with Crippen LogP contribution in [-0.2, 0) is 14.4 Å². The maximum absolute atomic E-state index is 12.2. The number of hydrogen-bond acceptors (Lipinski definition) is 5. The standard InChI is InChI=1S/C23H21N5O4/c1-14(13-20(29)25-17-11-9-16(10-12-17)21(24)30)27-28-23(32)22(31)26-19-8-4-6-15-5-2-3-7-18(15)19/h2-12H,13H2,1H3,(H2,24,30)(H,25,29)(H,26,31)(H,28,32)/b27-14+. The Balaban J connectivity index is 1.53. The first-order valence-electron chi connectivity index (χ1n) is 9.65. The van der Waals surface area contributed by atoms with Crippen molar-refractivity contribution in [3.05, 3.63) is 72.3 Å². The zero-order valence-corrected chi connectivity index (χ0v) is 17.2. The van der Waals surface area contributed by atoms with Crippen molar-refractivity contribution in [1.29, 1.82) is 0 Å². The molecule has 0 fully saturated rings. The summed E-state index contributed by atoms with van der Waals surface area (Å²) in [4.78, 5) is 47.5. The molecule has 32 heavy (non-hydrogen) atoms. The number of anilines is 2. The highest BCUT2D eigenvalue weighted by Crippen LogP contribution is 2.22. The zero-order chi connectivity index (χ0) is 23.1. The van der Waals surface area contributed by atoms with Crippen molar-refractivity contribution in [2.75, 3.05) is 10.6 Å². The van der Waals surface area contributed by atoms with Gasteiger partial charge in [0.25, 0.3) is 0 Å². The third kappa shape index (κ3) is 5.76. The van der Waals surface area contributed by atoms with Crippen molar-refractivity contribution in [2.24, 2.45) is 10.8 Å². The van der Waals surface area contributed by atoms with E-state index in [0.29, 0.717) is 22.6 Å². The smallest absolute Gasteiger partial charge is 0.329 e. The van der Waals surface area contributed by atoms with Gasteiger partial charge in [0, 0.05) is 28.0 Å². The number of nitrogens with two attached hydrogens (primary N) is 1. The Morgan fingerprint density at radius 1 is 0.844 bits per heavy atom. The van der Waals surface area contributed by atoms with Gasteiger partial charge in [0.2, 0.25) is 11.8 Å². The Hall–Kier alpha value is -4.53. The summed E-state index contributed by atoms with van der Waals surface area (Å²) < 4.78 is 0. The highest BCUT2D eigenvalue weighted by molar-refractivity contribution is 6.40. The Kier molecular flexibility index (Phi) is 6.92.